The molecule has 1 aliphatic rings. The van der Waals surface area contributed by atoms with Crippen LogP contribution in [0.2, 0.25) is 5.02 Å². The Bertz CT molecular complexity index is 642. The highest BCUT2D eigenvalue weighted by Crippen LogP contribution is 2.29. The maximum Gasteiger partial charge on any atom is 0.249 e. The predicted molar refractivity (Wildman–Crippen MR) is 86.7 cm³/mol. The minimum Gasteiger partial charge on any atom is -0.362 e. The van der Waals surface area contributed by atoms with Gasteiger partial charge in [0, 0.05) is 5.02 Å². The molecule has 0 unspecified atom stereocenters. The van der Waals surface area contributed by atoms with Crippen molar-refractivity contribution in [3.8, 4) is 0 Å². The second-order valence-electron chi connectivity index (χ2n) is 5.48. The zero-order valence-corrected chi connectivity index (χ0v) is 13.2. The molecule has 0 saturated carbocycles. The maximum absolute atomic E-state index is 12.2. The smallest absolute Gasteiger partial charge is 0.249 e. The first-order valence-electron chi connectivity index (χ1n) is 7.36. The van der Waals surface area contributed by atoms with Gasteiger partial charge in [-0.15, -0.1) is 0 Å². The number of amides is 1. The van der Waals surface area contributed by atoms with Gasteiger partial charge in [-0.2, -0.15) is 0 Å². The topological polar surface area (TPSA) is 29.5 Å². The van der Waals surface area contributed by atoms with Gasteiger partial charge in [0.1, 0.15) is 12.7 Å². The van der Waals surface area contributed by atoms with Crippen LogP contribution in [0.4, 0.5) is 0 Å². The van der Waals surface area contributed by atoms with Crippen molar-refractivity contribution in [3.05, 3.63) is 70.7 Å². The van der Waals surface area contributed by atoms with Crippen LogP contribution in [0.3, 0.4) is 0 Å². The van der Waals surface area contributed by atoms with Gasteiger partial charge in [-0.05, 0) is 30.2 Å². The molecule has 3 rings (SSSR count). The van der Waals surface area contributed by atoms with Gasteiger partial charge in [0.15, 0.2) is 0 Å². The number of ether oxygens (including phenoxy) is 1. The van der Waals surface area contributed by atoms with Crippen molar-refractivity contribution in [2.24, 2.45) is 0 Å². The summed E-state index contributed by atoms with van der Waals surface area (Å²) in [5, 5.41) is 0.699. The lowest BCUT2D eigenvalue weighted by molar-refractivity contribution is -0.152. The average molecular weight is 316 g/mol. The minimum absolute atomic E-state index is 0.0292. The van der Waals surface area contributed by atoms with E-state index in [0.29, 0.717) is 11.6 Å². The first-order valence-corrected chi connectivity index (χ1v) is 7.74. The van der Waals surface area contributed by atoms with Crippen LogP contribution in [0.1, 0.15) is 30.2 Å². The number of hydrogen-bond donors (Lipinski definition) is 0. The minimum atomic E-state index is -0.110. The first-order chi connectivity index (χ1) is 10.6. The number of morpholine rings is 1. The van der Waals surface area contributed by atoms with E-state index in [4.69, 9.17) is 16.3 Å². The number of carbonyl (C=O) groups is 1. The van der Waals surface area contributed by atoms with E-state index < -0.39 is 0 Å². The molecular weight excluding hydrogens is 298 g/mol. The number of carbonyl (C=O) groups excluding carboxylic acids is 1. The summed E-state index contributed by atoms with van der Waals surface area (Å²) in [5.74, 6) is 0.0292. The number of benzene rings is 2. The molecule has 22 heavy (non-hydrogen) atoms. The zero-order chi connectivity index (χ0) is 15.5. The summed E-state index contributed by atoms with van der Waals surface area (Å²) < 4.78 is 5.70. The molecular formula is C18H18ClNO2. The fourth-order valence-corrected chi connectivity index (χ4v) is 2.88. The molecule has 0 bridgehead atoms. The van der Waals surface area contributed by atoms with E-state index in [0.717, 1.165) is 11.1 Å². The quantitative estimate of drug-likeness (QED) is 0.856. The molecule has 0 radical (unpaired) electrons. The molecule has 1 amide bonds. The molecule has 1 heterocycles. The Labute approximate surface area is 135 Å². The van der Waals surface area contributed by atoms with Gasteiger partial charge in [-0.3, -0.25) is 4.79 Å². The third kappa shape index (κ3) is 3.16. The standard InChI is InChI=1S/C18H18ClNO2/c1-13(14-5-3-2-4-6-14)20-11-17(22-12-18(20)21)15-7-9-16(19)10-8-15/h2-10,13,17H,11-12H2,1H3/t13-,17-/m0/s1. The lowest BCUT2D eigenvalue weighted by Crippen LogP contribution is -2.44. The van der Waals surface area contributed by atoms with Crippen LogP contribution in [0, 0.1) is 0 Å². The average Bonchev–Trinajstić information content (AvgIpc) is 2.56. The fourth-order valence-electron chi connectivity index (χ4n) is 2.75. The summed E-state index contributed by atoms with van der Waals surface area (Å²) in [5.41, 5.74) is 2.18. The third-order valence-corrected chi connectivity index (χ3v) is 4.33. The predicted octanol–water partition coefficient (Wildman–Crippen LogP) is 4.00. The Balaban J connectivity index is 1.79. The summed E-state index contributed by atoms with van der Waals surface area (Å²) in [6.45, 7) is 2.72. The van der Waals surface area contributed by atoms with Gasteiger partial charge in [-0.25, -0.2) is 0 Å². The lowest BCUT2D eigenvalue weighted by Gasteiger charge is -2.37. The van der Waals surface area contributed by atoms with Crippen LogP contribution in [0.15, 0.2) is 54.6 Å². The molecule has 2 aromatic carbocycles. The molecule has 4 heteroatoms. The molecule has 0 N–H and O–H groups in total. The van der Waals surface area contributed by atoms with Crippen LogP contribution < -0.4 is 0 Å². The summed E-state index contributed by atoms with van der Waals surface area (Å²) in [7, 11) is 0. The van der Waals surface area contributed by atoms with Crippen molar-refractivity contribution >= 4 is 17.5 Å². The summed E-state index contributed by atoms with van der Waals surface area (Å²) >= 11 is 5.93. The zero-order valence-electron chi connectivity index (χ0n) is 12.4. The van der Waals surface area contributed by atoms with Gasteiger partial charge in [-0.1, -0.05) is 54.1 Å². The highest BCUT2D eigenvalue weighted by Gasteiger charge is 2.31. The van der Waals surface area contributed by atoms with Crippen molar-refractivity contribution in [1.82, 2.24) is 4.90 Å². The Morgan fingerprint density at radius 3 is 2.50 bits per heavy atom. The second-order valence-corrected chi connectivity index (χ2v) is 5.92. The van der Waals surface area contributed by atoms with Gasteiger partial charge in [0.2, 0.25) is 5.91 Å². The molecule has 1 fully saturated rings. The van der Waals surface area contributed by atoms with E-state index in [1.165, 1.54) is 0 Å². The van der Waals surface area contributed by atoms with Gasteiger partial charge in [0.05, 0.1) is 12.6 Å². The third-order valence-electron chi connectivity index (χ3n) is 4.08. The molecule has 0 spiro atoms. The van der Waals surface area contributed by atoms with Crippen molar-refractivity contribution in [3.63, 3.8) is 0 Å². The van der Waals surface area contributed by atoms with Gasteiger partial charge < -0.3 is 9.64 Å². The lowest BCUT2D eigenvalue weighted by atomic mass is 10.0. The maximum atomic E-state index is 12.2. The number of rotatable bonds is 3. The van der Waals surface area contributed by atoms with Gasteiger partial charge in [0.25, 0.3) is 0 Å². The van der Waals surface area contributed by atoms with Crippen LogP contribution in [0.25, 0.3) is 0 Å². The number of halogens is 1. The van der Waals surface area contributed by atoms with Crippen LogP contribution in [-0.4, -0.2) is 24.0 Å². The largest absolute Gasteiger partial charge is 0.362 e. The van der Waals surface area contributed by atoms with E-state index in [-0.39, 0.29) is 24.7 Å². The molecule has 3 nitrogen and oxygen atoms in total. The fraction of sp³-hybridized carbons (Fsp3) is 0.278. The van der Waals surface area contributed by atoms with Crippen LogP contribution in [0.5, 0.6) is 0 Å². The monoisotopic (exact) mass is 315 g/mol. The molecule has 114 valence electrons. The second kappa shape index (κ2) is 6.51. The molecule has 0 aliphatic carbocycles. The van der Waals surface area contributed by atoms with Crippen molar-refractivity contribution in [1.29, 1.82) is 0 Å². The summed E-state index contributed by atoms with van der Waals surface area (Å²) in [4.78, 5) is 14.1. The highest BCUT2D eigenvalue weighted by molar-refractivity contribution is 6.30. The van der Waals surface area contributed by atoms with E-state index in [1.807, 2.05) is 59.5 Å². The highest BCUT2D eigenvalue weighted by atomic mass is 35.5. The van der Waals surface area contributed by atoms with E-state index >= 15 is 0 Å². The normalized spacial score (nSPS) is 20.0. The summed E-state index contributed by atoms with van der Waals surface area (Å²) in [6, 6.07) is 17.7. The SMILES string of the molecule is C[C@@H](c1ccccc1)N1C[C@@H](c2ccc(Cl)cc2)OCC1=O. The molecule has 0 aromatic heterocycles. The van der Waals surface area contributed by atoms with E-state index in [9.17, 15) is 4.79 Å². The van der Waals surface area contributed by atoms with Gasteiger partial charge >= 0.3 is 0 Å². The van der Waals surface area contributed by atoms with E-state index in [1.54, 1.807) is 0 Å². The Hall–Kier alpha value is -1.84. The Morgan fingerprint density at radius 1 is 1.14 bits per heavy atom. The molecule has 1 saturated heterocycles. The van der Waals surface area contributed by atoms with E-state index in [2.05, 4.69) is 6.92 Å². The first kappa shape index (κ1) is 15.1. The number of nitrogens with zero attached hydrogens (tertiary/aromatic N) is 1. The molecule has 2 aromatic rings. The molecule has 1 aliphatic heterocycles. The number of hydrogen-bond acceptors (Lipinski definition) is 2. The van der Waals surface area contributed by atoms with Crippen molar-refractivity contribution < 1.29 is 9.53 Å². The van der Waals surface area contributed by atoms with Crippen molar-refractivity contribution in [2.75, 3.05) is 13.2 Å². The summed E-state index contributed by atoms with van der Waals surface area (Å²) in [6.07, 6.45) is -0.110. The van der Waals surface area contributed by atoms with Crippen LogP contribution in [-0.2, 0) is 9.53 Å². The van der Waals surface area contributed by atoms with Crippen LogP contribution >= 0.6 is 11.6 Å². The Kier molecular flexibility index (Phi) is 4.46. The Morgan fingerprint density at radius 2 is 1.82 bits per heavy atom. The van der Waals surface area contributed by atoms with Crippen molar-refractivity contribution in [2.45, 2.75) is 19.1 Å². The molecule has 2 atom stereocenters.